The quantitative estimate of drug-likeness (QED) is 0.902. The molecule has 0 amide bonds. The summed E-state index contributed by atoms with van der Waals surface area (Å²) in [6.45, 7) is 5.50. The van der Waals surface area contributed by atoms with Crippen LogP contribution in [-0.2, 0) is 13.1 Å². The second-order valence-electron chi connectivity index (χ2n) is 4.19. The van der Waals surface area contributed by atoms with Gasteiger partial charge in [0.2, 0.25) is 0 Å². The monoisotopic (exact) mass is 263 g/mol. The van der Waals surface area contributed by atoms with Gasteiger partial charge < -0.3 is 9.88 Å². The van der Waals surface area contributed by atoms with E-state index in [9.17, 15) is 4.79 Å². The van der Waals surface area contributed by atoms with Crippen molar-refractivity contribution >= 4 is 17.0 Å². The number of aromatic nitrogens is 2. The smallest absolute Gasteiger partial charge is 0.250 e. The van der Waals surface area contributed by atoms with Crippen LogP contribution in [0.3, 0.4) is 0 Å². The predicted octanol–water partition coefficient (Wildman–Crippen LogP) is 2.64. The standard InChI is InChI=1S/C13H17N3OS/c1-3-6-16-8-11(4-5-13(16)17)14-7-12-15-10(2)9-18-12/h4-5,8-9,14H,3,6-7H2,1-2H3. The van der Waals surface area contributed by atoms with E-state index in [-0.39, 0.29) is 5.56 Å². The second-order valence-corrected chi connectivity index (χ2v) is 5.13. The fourth-order valence-corrected chi connectivity index (χ4v) is 2.42. The molecule has 18 heavy (non-hydrogen) atoms. The van der Waals surface area contributed by atoms with Crippen LogP contribution in [0.25, 0.3) is 0 Å². The van der Waals surface area contributed by atoms with Gasteiger partial charge in [-0.05, 0) is 19.4 Å². The Morgan fingerprint density at radius 1 is 1.44 bits per heavy atom. The van der Waals surface area contributed by atoms with Crippen LogP contribution < -0.4 is 10.9 Å². The highest BCUT2D eigenvalue weighted by molar-refractivity contribution is 7.09. The van der Waals surface area contributed by atoms with Gasteiger partial charge in [0.25, 0.3) is 5.56 Å². The van der Waals surface area contributed by atoms with E-state index in [0.717, 1.165) is 29.4 Å². The van der Waals surface area contributed by atoms with Crippen molar-refractivity contribution in [2.75, 3.05) is 5.32 Å². The molecule has 2 heterocycles. The summed E-state index contributed by atoms with van der Waals surface area (Å²) in [5, 5.41) is 6.38. The van der Waals surface area contributed by atoms with Gasteiger partial charge in [0.15, 0.2) is 0 Å². The predicted molar refractivity (Wildman–Crippen MR) is 75.2 cm³/mol. The first-order valence-electron chi connectivity index (χ1n) is 6.04. The molecule has 0 saturated heterocycles. The van der Waals surface area contributed by atoms with Crippen LogP contribution in [0.15, 0.2) is 28.5 Å². The van der Waals surface area contributed by atoms with E-state index in [4.69, 9.17) is 0 Å². The normalized spacial score (nSPS) is 10.6. The minimum absolute atomic E-state index is 0.0486. The number of aryl methyl sites for hydroxylation is 2. The number of nitrogens with zero attached hydrogens (tertiary/aromatic N) is 2. The summed E-state index contributed by atoms with van der Waals surface area (Å²) in [4.78, 5) is 16.0. The highest BCUT2D eigenvalue weighted by Crippen LogP contribution is 2.11. The number of nitrogens with one attached hydrogen (secondary N) is 1. The molecule has 4 nitrogen and oxygen atoms in total. The van der Waals surface area contributed by atoms with Gasteiger partial charge in [0, 0.05) is 29.9 Å². The van der Waals surface area contributed by atoms with E-state index < -0.39 is 0 Å². The third-order valence-electron chi connectivity index (χ3n) is 2.56. The van der Waals surface area contributed by atoms with Gasteiger partial charge >= 0.3 is 0 Å². The lowest BCUT2D eigenvalue weighted by atomic mass is 10.3. The Morgan fingerprint density at radius 3 is 2.94 bits per heavy atom. The molecule has 5 heteroatoms. The Kier molecular flexibility index (Phi) is 4.15. The number of rotatable bonds is 5. The number of anilines is 1. The molecule has 0 radical (unpaired) electrons. The van der Waals surface area contributed by atoms with Gasteiger partial charge in [-0.2, -0.15) is 0 Å². The Labute approximate surface area is 110 Å². The van der Waals surface area contributed by atoms with Crippen molar-refractivity contribution in [3.63, 3.8) is 0 Å². The highest BCUT2D eigenvalue weighted by Gasteiger charge is 2.00. The molecule has 0 aromatic carbocycles. The summed E-state index contributed by atoms with van der Waals surface area (Å²) in [6.07, 6.45) is 2.82. The van der Waals surface area contributed by atoms with E-state index in [1.54, 1.807) is 22.0 Å². The van der Waals surface area contributed by atoms with E-state index >= 15 is 0 Å². The molecule has 96 valence electrons. The first kappa shape index (κ1) is 12.8. The van der Waals surface area contributed by atoms with Gasteiger partial charge in [-0.1, -0.05) is 6.92 Å². The van der Waals surface area contributed by atoms with Crippen molar-refractivity contribution in [3.8, 4) is 0 Å². The van der Waals surface area contributed by atoms with Crippen molar-refractivity contribution in [2.45, 2.75) is 33.4 Å². The van der Waals surface area contributed by atoms with Crippen molar-refractivity contribution in [3.05, 3.63) is 44.8 Å². The van der Waals surface area contributed by atoms with Crippen LogP contribution in [0.1, 0.15) is 24.0 Å². The SMILES string of the molecule is CCCn1cc(NCc2nc(C)cs2)ccc1=O. The van der Waals surface area contributed by atoms with E-state index in [1.807, 2.05) is 24.6 Å². The molecule has 0 saturated carbocycles. The van der Waals surface area contributed by atoms with Crippen molar-refractivity contribution < 1.29 is 0 Å². The molecule has 2 rings (SSSR count). The average Bonchev–Trinajstić information content (AvgIpc) is 2.76. The number of hydrogen-bond acceptors (Lipinski definition) is 4. The van der Waals surface area contributed by atoms with Gasteiger partial charge in [0.05, 0.1) is 12.2 Å². The molecule has 0 aliphatic rings. The number of hydrogen-bond donors (Lipinski definition) is 1. The molecule has 0 fully saturated rings. The van der Waals surface area contributed by atoms with E-state index in [1.165, 1.54) is 0 Å². The summed E-state index contributed by atoms with van der Waals surface area (Å²) < 4.78 is 1.73. The van der Waals surface area contributed by atoms with Gasteiger partial charge in [-0.15, -0.1) is 11.3 Å². The Hall–Kier alpha value is -1.62. The van der Waals surface area contributed by atoms with Crippen molar-refractivity contribution in [1.29, 1.82) is 0 Å². The zero-order valence-electron chi connectivity index (χ0n) is 10.6. The maximum Gasteiger partial charge on any atom is 0.250 e. The number of pyridine rings is 1. The van der Waals surface area contributed by atoms with Crippen LogP contribution in [0.2, 0.25) is 0 Å². The second kappa shape index (κ2) is 5.82. The molecule has 0 bridgehead atoms. The maximum atomic E-state index is 11.6. The summed E-state index contributed by atoms with van der Waals surface area (Å²) in [6, 6.07) is 3.42. The summed E-state index contributed by atoms with van der Waals surface area (Å²) in [5.41, 5.74) is 2.05. The highest BCUT2D eigenvalue weighted by atomic mass is 32.1. The van der Waals surface area contributed by atoms with Gasteiger partial charge in [-0.25, -0.2) is 4.98 Å². The first-order chi connectivity index (χ1) is 8.69. The maximum absolute atomic E-state index is 11.6. The largest absolute Gasteiger partial charge is 0.377 e. The molecule has 0 unspecified atom stereocenters. The van der Waals surface area contributed by atoms with Crippen LogP contribution >= 0.6 is 11.3 Å². The average molecular weight is 263 g/mol. The molecule has 1 N–H and O–H groups in total. The lowest BCUT2D eigenvalue weighted by Gasteiger charge is -2.08. The van der Waals surface area contributed by atoms with E-state index in [0.29, 0.717) is 6.54 Å². The molecular weight excluding hydrogens is 246 g/mol. The summed E-state index contributed by atoms with van der Waals surface area (Å²) in [7, 11) is 0. The molecular formula is C13H17N3OS. The van der Waals surface area contributed by atoms with Crippen LogP contribution in [-0.4, -0.2) is 9.55 Å². The molecule has 0 aliphatic carbocycles. The van der Waals surface area contributed by atoms with Gasteiger partial charge in [0.1, 0.15) is 5.01 Å². The van der Waals surface area contributed by atoms with Crippen molar-refractivity contribution in [2.24, 2.45) is 0 Å². The topological polar surface area (TPSA) is 46.9 Å². The summed E-state index contributed by atoms with van der Waals surface area (Å²) in [5.74, 6) is 0. The molecule has 0 spiro atoms. The molecule has 2 aromatic rings. The zero-order chi connectivity index (χ0) is 13.0. The van der Waals surface area contributed by atoms with Crippen LogP contribution in [0.4, 0.5) is 5.69 Å². The van der Waals surface area contributed by atoms with Crippen LogP contribution in [0.5, 0.6) is 0 Å². The third kappa shape index (κ3) is 3.20. The lowest BCUT2D eigenvalue weighted by Crippen LogP contribution is -2.18. The fraction of sp³-hybridized carbons (Fsp3) is 0.385. The minimum Gasteiger partial charge on any atom is -0.377 e. The molecule has 0 aliphatic heterocycles. The summed E-state index contributed by atoms with van der Waals surface area (Å²) >= 11 is 1.64. The van der Waals surface area contributed by atoms with Crippen LogP contribution in [0, 0.1) is 6.92 Å². The fourth-order valence-electron chi connectivity index (χ4n) is 1.71. The Morgan fingerprint density at radius 2 is 2.28 bits per heavy atom. The molecule has 2 aromatic heterocycles. The number of thiazole rings is 1. The first-order valence-corrected chi connectivity index (χ1v) is 6.92. The third-order valence-corrected chi connectivity index (χ3v) is 3.52. The minimum atomic E-state index is 0.0486. The van der Waals surface area contributed by atoms with E-state index in [2.05, 4.69) is 17.2 Å². The zero-order valence-corrected chi connectivity index (χ0v) is 11.5. The Balaban J connectivity index is 2.05. The molecule has 0 atom stereocenters. The lowest BCUT2D eigenvalue weighted by molar-refractivity contribution is 0.655. The van der Waals surface area contributed by atoms with Gasteiger partial charge in [-0.3, -0.25) is 4.79 Å². The Bertz CT molecular complexity index is 574. The van der Waals surface area contributed by atoms with Crippen molar-refractivity contribution in [1.82, 2.24) is 9.55 Å².